The molecule has 21 heavy (non-hydrogen) atoms. The van der Waals surface area contributed by atoms with E-state index >= 15 is 0 Å². The average molecular weight is 281 g/mol. The quantitative estimate of drug-likeness (QED) is 0.801. The number of hydrogen-bond acceptors (Lipinski definition) is 3. The topological polar surface area (TPSA) is 68.0 Å². The van der Waals surface area contributed by atoms with Gasteiger partial charge in [-0.3, -0.25) is 4.98 Å². The number of hydrogen-bond donors (Lipinski definition) is 1. The molecule has 0 saturated carbocycles. The fourth-order valence-corrected chi connectivity index (χ4v) is 2.34. The standard InChI is InChI=1S/C16H15N3O2/c1-3-14-13(16(20)21)9-19(18-14)12-6-7-15-11(8-12)5-4-10(2)17-15/h4-9H,3H2,1-2H3,(H,20,21). The molecule has 0 aliphatic rings. The van der Waals surface area contributed by atoms with Crippen molar-refractivity contribution in [1.82, 2.24) is 14.8 Å². The van der Waals surface area contributed by atoms with E-state index in [0.29, 0.717) is 12.1 Å². The summed E-state index contributed by atoms with van der Waals surface area (Å²) in [5.41, 5.74) is 3.55. The molecule has 5 nitrogen and oxygen atoms in total. The Labute approximate surface area is 121 Å². The van der Waals surface area contributed by atoms with Crippen LogP contribution in [0.4, 0.5) is 0 Å². The molecule has 1 N–H and O–H groups in total. The highest BCUT2D eigenvalue weighted by Crippen LogP contribution is 2.19. The van der Waals surface area contributed by atoms with Crippen LogP contribution in [-0.4, -0.2) is 25.8 Å². The van der Waals surface area contributed by atoms with Gasteiger partial charge < -0.3 is 5.11 Å². The van der Waals surface area contributed by atoms with Gasteiger partial charge in [0, 0.05) is 17.3 Å². The van der Waals surface area contributed by atoms with Crippen molar-refractivity contribution in [1.29, 1.82) is 0 Å². The molecule has 3 aromatic rings. The van der Waals surface area contributed by atoms with Crippen molar-refractivity contribution >= 4 is 16.9 Å². The van der Waals surface area contributed by atoms with E-state index in [1.165, 1.54) is 0 Å². The molecule has 1 aromatic carbocycles. The molecule has 2 aromatic heterocycles. The van der Waals surface area contributed by atoms with E-state index < -0.39 is 5.97 Å². The fraction of sp³-hybridized carbons (Fsp3) is 0.188. The van der Waals surface area contributed by atoms with Crippen molar-refractivity contribution in [3.05, 3.63) is 53.5 Å². The van der Waals surface area contributed by atoms with Crippen molar-refractivity contribution in [2.24, 2.45) is 0 Å². The predicted octanol–water partition coefficient (Wildman–Crippen LogP) is 2.99. The first kappa shape index (κ1) is 13.3. The Morgan fingerprint density at radius 3 is 2.76 bits per heavy atom. The molecule has 0 unspecified atom stereocenters. The van der Waals surface area contributed by atoms with Gasteiger partial charge in [-0.15, -0.1) is 0 Å². The number of nitrogens with zero attached hydrogens (tertiary/aromatic N) is 3. The van der Waals surface area contributed by atoms with Crippen LogP contribution >= 0.6 is 0 Å². The molecule has 2 heterocycles. The normalized spacial score (nSPS) is 11.0. The molecule has 0 amide bonds. The van der Waals surface area contributed by atoms with Gasteiger partial charge in [0.25, 0.3) is 0 Å². The van der Waals surface area contributed by atoms with E-state index in [9.17, 15) is 9.90 Å². The molecular weight excluding hydrogens is 266 g/mol. The Bertz CT molecular complexity index is 837. The number of carboxylic acids is 1. The molecule has 0 spiro atoms. The minimum atomic E-state index is -0.948. The second-order valence-corrected chi connectivity index (χ2v) is 4.92. The van der Waals surface area contributed by atoms with E-state index in [0.717, 1.165) is 22.3 Å². The van der Waals surface area contributed by atoms with E-state index in [1.54, 1.807) is 10.9 Å². The monoisotopic (exact) mass is 281 g/mol. The van der Waals surface area contributed by atoms with Crippen molar-refractivity contribution < 1.29 is 9.90 Å². The molecule has 0 radical (unpaired) electrons. The molecule has 0 fully saturated rings. The van der Waals surface area contributed by atoms with Gasteiger partial charge in [-0.25, -0.2) is 9.48 Å². The average Bonchev–Trinajstić information content (AvgIpc) is 2.91. The number of fused-ring (bicyclic) bond motifs is 1. The highest BCUT2D eigenvalue weighted by Gasteiger charge is 2.14. The maximum absolute atomic E-state index is 11.2. The summed E-state index contributed by atoms with van der Waals surface area (Å²) in [4.78, 5) is 15.7. The third kappa shape index (κ3) is 2.38. The van der Waals surface area contributed by atoms with Crippen molar-refractivity contribution in [3.8, 4) is 5.69 Å². The van der Waals surface area contributed by atoms with Gasteiger partial charge in [0.15, 0.2) is 0 Å². The van der Waals surface area contributed by atoms with Crippen LogP contribution in [0.3, 0.4) is 0 Å². The number of aromatic nitrogens is 3. The number of carbonyl (C=O) groups is 1. The van der Waals surface area contributed by atoms with E-state index in [4.69, 9.17) is 0 Å². The second-order valence-electron chi connectivity index (χ2n) is 4.92. The summed E-state index contributed by atoms with van der Waals surface area (Å²) >= 11 is 0. The predicted molar refractivity (Wildman–Crippen MR) is 79.9 cm³/mol. The van der Waals surface area contributed by atoms with E-state index in [1.807, 2.05) is 44.2 Å². The lowest BCUT2D eigenvalue weighted by Crippen LogP contribution is -1.98. The van der Waals surface area contributed by atoms with Crippen LogP contribution in [0.5, 0.6) is 0 Å². The van der Waals surface area contributed by atoms with Crippen molar-refractivity contribution in [3.63, 3.8) is 0 Å². The smallest absolute Gasteiger partial charge is 0.339 e. The van der Waals surface area contributed by atoms with Crippen LogP contribution in [0.25, 0.3) is 16.6 Å². The zero-order valence-corrected chi connectivity index (χ0v) is 11.9. The largest absolute Gasteiger partial charge is 0.478 e. The van der Waals surface area contributed by atoms with Crippen LogP contribution in [0.1, 0.15) is 28.7 Å². The number of benzene rings is 1. The molecule has 106 valence electrons. The van der Waals surface area contributed by atoms with Gasteiger partial charge in [-0.05, 0) is 37.6 Å². The first-order valence-corrected chi connectivity index (χ1v) is 6.78. The van der Waals surface area contributed by atoms with Crippen molar-refractivity contribution in [2.45, 2.75) is 20.3 Å². The van der Waals surface area contributed by atoms with E-state index in [2.05, 4.69) is 10.1 Å². The highest BCUT2D eigenvalue weighted by molar-refractivity contribution is 5.89. The molecule has 5 heteroatoms. The lowest BCUT2D eigenvalue weighted by atomic mass is 10.2. The molecule has 0 bridgehead atoms. The lowest BCUT2D eigenvalue weighted by molar-refractivity contribution is 0.0695. The van der Waals surface area contributed by atoms with Crippen molar-refractivity contribution in [2.75, 3.05) is 0 Å². The summed E-state index contributed by atoms with van der Waals surface area (Å²) in [5.74, 6) is -0.948. The van der Waals surface area contributed by atoms with Gasteiger partial charge in [-0.2, -0.15) is 5.10 Å². The summed E-state index contributed by atoms with van der Waals surface area (Å²) < 4.78 is 1.61. The second kappa shape index (κ2) is 5.01. The lowest BCUT2D eigenvalue weighted by Gasteiger charge is -2.04. The van der Waals surface area contributed by atoms with Crippen LogP contribution < -0.4 is 0 Å². The molecule has 0 aliphatic carbocycles. The fourth-order valence-electron chi connectivity index (χ4n) is 2.34. The number of pyridine rings is 1. The van der Waals surface area contributed by atoms with Crippen LogP contribution in [0, 0.1) is 6.92 Å². The maximum Gasteiger partial charge on any atom is 0.339 e. The third-order valence-corrected chi connectivity index (χ3v) is 3.43. The van der Waals surface area contributed by atoms with Crippen LogP contribution in [0.2, 0.25) is 0 Å². The van der Waals surface area contributed by atoms with Gasteiger partial charge in [-0.1, -0.05) is 13.0 Å². The Morgan fingerprint density at radius 1 is 1.29 bits per heavy atom. The summed E-state index contributed by atoms with van der Waals surface area (Å²) in [7, 11) is 0. The van der Waals surface area contributed by atoms with Gasteiger partial charge in [0.2, 0.25) is 0 Å². The molecule has 0 atom stereocenters. The summed E-state index contributed by atoms with van der Waals surface area (Å²) in [6.45, 7) is 3.85. The number of aryl methyl sites for hydroxylation is 2. The first-order valence-electron chi connectivity index (χ1n) is 6.78. The minimum Gasteiger partial charge on any atom is -0.478 e. The summed E-state index contributed by atoms with van der Waals surface area (Å²) in [6, 6.07) is 9.73. The zero-order valence-electron chi connectivity index (χ0n) is 11.9. The maximum atomic E-state index is 11.2. The van der Waals surface area contributed by atoms with Gasteiger partial charge >= 0.3 is 5.97 Å². The first-order chi connectivity index (χ1) is 10.1. The zero-order chi connectivity index (χ0) is 15.0. The summed E-state index contributed by atoms with van der Waals surface area (Å²) in [5, 5.41) is 14.6. The van der Waals surface area contributed by atoms with Crippen LogP contribution in [-0.2, 0) is 6.42 Å². The minimum absolute atomic E-state index is 0.250. The molecule has 0 aliphatic heterocycles. The SMILES string of the molecule is CCc1nn(-c2ccc3nc(C)ccc3c2)cc1C(=O)O. The number of rotatable bonds is 3. The van der Waals surface area contributed by atoms with E-state index in [-0.39, 0.29) is 5.56 Å². The molecule has 0 saturated heterocycles. The molecular formula is C16H15N3O2. The molecule has 3 rings (SSSR count). The third-order valence-electron chi connectivity index (χ3n) is 3.43. The van der Waals surface area contributed by atoms with Crippen LogP contribution in [0.15, 0.2) is 36.5 Å². The number of carboxylic acid groups (broad SMARTS) is 1. The summed E-state index contributed by atoms with van der Waals surface area (Å²) in [6.07, 6.45) is 2.15. The Morgan fingerprint density at radius 2 is 2.10 bits per heavy atom. The Kier molecular flexibility index (Phi) is 3.17. The van der Waals surface area contributed by atoms with Gasteiger partial charge in [0.1, 0.15) is 5.56 Å². The number of aromatic carboxylic acids is 1. The Hall–Kier alpha value is -2.69. The Balaban J connectivity index is 2.12. The van der Waals surface area contributed by atoms with Gasteiger partial charge in [0.05, 0.1) is 16.9 Å². The highest BCUT2D eigenvalue weighted by atomic mass is 16.4.